The molecule has 2 aromatic rings. The Hall–Kier alpha value is -2.02. The molecule has 0 radical (unpaired) electrons. The summed E-state index contributed by atoms with van der Waals surface area (Å²) in [7, 11) is -1.92. The topological polar surface area (TPSA) is 67.2 Å². The summed E-state index contributed by atoms with van der Waals surface area (Å²) in [4.78, 5) is 2.40. The number of hydrogen-bond donors (Lipinski definition) is 1. The van der Waals surface area contributed by atoms with E-state index in [9.17, 15) is 8.42 Å². The summed E-state index contributed by atoms with van der Waals surface area (Å²) in [5.41, 5.74) is 2.10. The lowest BCUT2D eigenvalue weighted by atomic mass is 10.2. The number of sulfonamides is 1. The Morgan fingerprint density at radius 1 is 1.18 bits per heavy atom. The third kappa shape index (κ3) is 3.41. The lowest BCUT2D eigenvalue weighted by molar-refractivity contribution is 0.600. The van der Waals surface area contributed by atoms with Crippen LogP contribution in [0, 0.1) is 6.92 Å². The van der Waals surface area contributed by atoms with Crippen molar-refractivity contribution in [3.05, 3.63) is 36.2 Å². The quantitative estimate of drug-likeness (QED) is 0.886. The van der Waals surface area contributed by atoms with Crippen LogP contribution in [-0.4, -0.2) is 31.3 Å². The average Bonchev–Trinajstić information content (AvgIpc) is 2.81. The van der Waals surface area contributed by atoms with E-state index in [1.807, 2.05) is 12.1 Å². The van der Waals surface area contributed by atoms with Crippen molar-refractivity contribution in [1.29, 1.82) is 0 Å². The lowest BCUT2D eigenvalue weighted by Gasteiger charge is -2.21. The van der Waals surface area contributed by atoms with E-state index in [1.54, 1.807) is 26.1 Å². The first-order valence-electron chi connectivity index (χ1n) is 7.25. The summed E-state index contributed by atoms with van der Waals surface area (Å²) in [6, 6.07) is 7.38. The highest BCUT2D eigenvalue weighted by Gasteiger charge is 2.19. The van der Waals surface area contributed by atoms with Crippen LogP contribution >= 0.6 is 0 Å². The van der Waals surface area contributed by atoms with E-state index >= 15 is 0 Å². The molecular formula is C15H22N4O2S. The highest BCUT2D eigenvalue weighted by molar-refractivity contribution is 7.92. The number of anilines is 2. The zero-order valence-electron chi connectivity index (χ0n) is 13.4. The Bertz CT molecular complexity index is 731. The van der Waals surface area contributed by atoms with Gasteiger partial charge in [-0.05, 0) is 45.0 Å². The fraction of sp³-hybridized carbons (Fsp3) is 0.400. The molecule has 1 aromatic heterocycles. The minimum Gasteiger partial charge on any atom is -0.372 e. The smallest absolute Gasteiger partial charge is 0.265 e. The van der Waals surface area contributed by atoms with Gasteiger partial charge >= 0.3 is 0 Å². The molecule has 1 aromatic carbocycles. The van der Waals surface area contributed by atoms with E-state index in [0.717, 1.165) is 18.8 Å². The third-order valence-electron chi connectivity index (χ3n) is 3.51. The molecule has 0 saturated carbocycles. The van der Waals surface area contributed by atoms with Gasteiger partial charge in [0.25, 0.3) is 10.0 Å². The zero-order valence-corrected chi connectivity index (χ0v) is 14.2. The Labute approximate surface area is 131 Å². The first kappa shape index (κ1) is 16.4. The molecule has 120 valence electrons. The van der Waals surface area contributed by atoms with Crippen molar-refractivity contribution in [2.24, 2.45) is 7.05 Å². The minimum atomic E-state index is -3.61. The number of aryl methyl sites for hydroxylation is 2. The third-order valence-corrected chi connectivity index (χ3v) is 4.99. The SMILES string of the molecule is CCN(CC)c1ccc(NS(=O)(=O)c2cn(C)nc2C)cc1. The Kier molecular flexibility index (Phi) is 4.75. The van der Waals surface area contributed by atoms with Gasteiger partial charge in [-0.3, -0.25) is 9.40 Å². The normalized spacial score (nSPS) is 11.5. The second-order valence-corrected chi connectivity index (χ2v) is 6.73. The maximum atomic E-state index is 12.4. The second kappa shape index (κ2) is 6.39. The molecule has 0 amide bonds. The Morgan fingerprint density at radius 2 is 1.77 bits per heavy atom. The summed E-state index contributed by atoms with van der Waals surface area (Å²) >= 11 is 0. The number of nitrogens with zero attached hydrogens (tertiary/aromatic N) is 3. The predicted molar refractivity (Wildman–Crippen MR) is 88.8 cm³/mol. The summed E-state index contributed by atoms with van der Waals surface area (Å²) in [5.74, 6) is 0. The molecule has 0 bridgehead atoms. The van der Waals surface area contributed by atoms with Gasteiger partial charge < -0.3 is 4.90 Å². The molecule has 0 aliphatic rings. The van der Waals surface area contributed by atoms with Gasteiger partial charge in [-0.15, -0.1) is 0 Å². The van der Waals surface area contributed by atoms with Gasteiger partial charge in [-0.2, -0.15) is 5.10 Å². The standard InChI is InChI=1S/C15H22N4O2S/c1-5-19(6-2)14-9-7-13(8-10-14)17-22(20,21)15-11-18(4)16-12(15)3/h7-11,17H,5-6H2,1-4H3. The number of nitrogens with one attached hydrogen (secondary N) is 1. The summed E-state index contributed by atoms with van der Waals surface area (Å²) < 4.78 is 28.9. The average molecular weight is 322 g/mol. The largest absolute Gasteiger partial charge is 0.372 e. The number of aromatic nitrogens is 2. The minimum absolute atomic E-state index is 0.197. The van der Waals surface area contributed by atoms with Crippen LogP contribution in [0.4, 0.5) is 11.4 Å². The molecule has 1 heterocycles. The molecule has 0 unspecified atom stereocenters. The molecule has 1 N–H and O–H groups in total. The second-order valence-electron chi connectivity index (χ2n) is 5.08. The predicted octanol–water partition coefficient (Wildman–Crippen LogP) is 2.38. The van der Waals surface area contributed by atoms with Crippen molar-refractivity contribution >= 4 is 21.4 Å². The van der Waals surface area contributed by atoms with Crippen LogP contribution in [0.25, 0.3) is 0 Å². The molecule has 22 heavy (non-hydrogen) atoms. The van der Waals surface area contributed by atoms with Crippen molar-refractivity contribution in [1.82, 2.24) is 9.78 Å². The summed E-state index contributed by atoms with van der Waals surface area (Å²) in [5, 5.41) is 4.07. The maximum Gasteiger partial charge on any atom is 0.265 e. The number of benzene rings is 1. The summed E-state index contributed by atoms with van der Waals surface area (Å²) in [6.07, 6.45) is 1.50. The van der Waals surface area contributed by atoms with Gasteiger partial charge in [0.1, 0.15) is 4.90 Å². The van der Waals surface area contributed by atoms with Crippen LogP contribution in [0.5, 0.6) is 0 Å². The van der Waals surface area contributed by atoms with E-state index in [0.29, 0.717) is 11.4 Å². The molecule has 0 aliphatic heterocycles. The first-order valence-corrected chi connectivity index (χ1v) is 8.73. The monoisotopic (exact) mass is 322 g/mol. The van der Waals surface area contributed by atoms with Gasteiger partial charge in [-0.1, -0.05) is 0 Å². The number of rotatable bonds is 6. The van der Waals surface area contributed by atoms with E-state index in [1.165, 1.54) is 10.9 Å². The summed E-state index contributed by atoms with van der Waals surface area (Å²) in [6.45, 7) is 7.68. The van der Waals surface area contributed by atoms with Crippen LogP contribution in [-0.2, 0) is 17.1 Å². The highest BCUT2D eigenvalue weighted by atomic mass is 32.2. The molecule has 2 rings (SSSR count). The molecule has 0 saturated heterocycles. The van der Waals surface area contributed by atoms with Crippen molar-refractivity contribution in [2.45, 2.75) is 25.7 Å². The molecular weight excluding hydrogens is 300 g/mol. The lowest BCUT2D eigenvalue weighted by Crippen LogP contribution is -2.21. The molecule has 0 spiro atoms. The Balaban J connectivity index is 2.22. The molecule has 0 fully saturated rings. The zero-order chi connectivity index (χ0) is 16.3. The van der Waals surface area contributed by atoms with Gasteiger partial charge in [0.2, 0.25) is 0 Å². The highest BCUT2D eigenvalue weighted by Crippen LogP contribution is 2.21. The molecule has 6 nitrogen and oxygen atoms in total. The van der Waals surface area contributed by atoms with Crippen LogP contribution in [0.3, 0.4) is 0 Å². The van der Waals surface area contributed by atoms with Crippen molar-refractivity contribution in [3.8, 4) is 0 Å². The van der Waals surface area contributed by atoms with E-state index < -0.39 is 10.0 Å². The van der Waals surface area contributed by atoms with Gasteiger partial charge in [0, 0.05) is 37.7 Å². The van der Waals surface area contributed by atoms with Crippen molar-refractivity contribution < 1.29 is 8.42 Å². The van der Waals surface area contributed by atoms with Gasteiger partial charge in [0.15, 0.2) is 0 Å². The maximum absolute atomic E-state index is 12.4. The fourth-order valence-corrected chi connectivity index (χ4v) is 3.66. The molecule has 0 aliphatic carbocycles. The molecule has 0 atom stereocenters. The van der Waals surface area contributed by atoms with Gasteiger partial charge in [0.05, 0.1) is 5.69 Å². The first-order chi connectivity index (χ1) is 10.4. The van der Waals surface area contributed by atoms with E-state index in [2.05, 4.69) is 28.6 Å². The van der Waals surface area contributed by atoms with E-state index in [-0.39, 0.29) is 4.90 Å². The van der Waals surface area contributed by atoms with Crippen molar-refractivity contribution in [2.75, 3.05) is 22.7 Å². The Morgan fingerprint density at radius 3 is 2.23 bits per heavy atom. The van der Waals surface area contributed by atoms with Crippen LogP contribution in [0.15, 0.2) is 35.4 Å². The number of hydrogen-bond acceptors (Lipinski definition) is 4. The van der Waals surface area contributed by atoms with Crippen LogP contribution in [0.1, 0.15) is 19.5 Å². The van der Waals surface area contributed by atoms with Crippen LogP contribution < -0.4 is 9.62 Å². The van der Waals surface area contributed by atoms with Gasteiger partial charge in [-0.25, -0.2) is 8.42 Å². The fourth-order valence-electron chi connectivity index (χ4n) is 2.38. The van der Waals surface area contributed by atoms with Crippen molar-refractivity contribution in [3.63, 3.8) is 0 Å². The molecule has 7 heteroatoms. The van der Waals surface area contributed by atoms with E-state index in [4.69, 9.17) is 0 Å². The van der Waals surface area contributed by atoms with Crippen LogP contribution in [0.2, 0.25) is 0 Å².